The summed E-state index contributed by atoms with van der Waals surface area (Å²) in [4.78, 5) is 2.77. The highest BCUT2D eigenvalue weighted by molar-refractivity contribution is 5.04. The van der Waals surface area contributed by atoms with Gasteiger partial charge in [-0.1, -0.05) is 41.5 Å². The fourth-order valence-electron chi connectivity index (χ4n) is 4.70. The summed E-state index contributed by atoms with van der Waals surface area (Å²) >= 11 is 0. The smallest absolute Gasteiger partial charge is 0.0357 e. The molecule has 3 unspecified atom stereocenters. The lowest BCUT2D eigenvalue weighted by atomic mass is 9.63. The van der Waals surface area contributed by atoms with E-state index >= 15 is 0 Å². The lowest BCUT2D eigenvalue weighted by Crippen LogP contribution is -2.60. The van der Waals surface area contributed by atoms with Gasteiger partial charge in [0, 0.05) is 18.6 Å². The minimum atomic E-state index is 0.273. The summed E-state index contributed by atoms with van der Waals surface area (Å²) in [7, 11) is 0. The van der Waals surface area contributed by atoms with Gasteiger partial charge in [-0.3, -0.25) is 4.90 Å². The summed E-state index contributed by atoms with van der Waals surface area (Å²) < 4.78 is 0. The van der Waals surface area contributed by atoms with Crippen molar-refractivity contribution in [2.24, 2.45) is 28.4 Å². The van der Waals surface area contributed by atoms with Gasteiger partial charge in [-0.05, 0) is 54.9 Å². The summed E-state index contributed by atoms with van der Waals surface area (Å²) in [6, 6.07) is 0. The molecule has 1 heterocycles. The number of hydrogen-bond acceptors (Lipinski definition) is 2. The van der Waals surface area contributed by atoms with Crippen molar-refractivity contribution < 1.29 is 0 Å². The summed E-state index contributed by atoms with van der Waals surface area (Å²) in [6.07, 6.45) is 5.28. The first-order valence-corrected chi connectivity index (χ1v) is 8.56. The SMILES string of the molecule is CC1CC(C)(C)CCC1(CN)N1CCC(C(C)(C)C)C1. The fraction of sp³-hybridized carbons (Fsp3) is 1.00. The molecule has 0 amide bonds. The van der Waals surface area contributed by atoms with E-state index in [2.05, 4.69) is 46.4 Å². The van der Waals surface area contributed by atoms with Gasteiger partial charge in [0.15, 0.2) is 0 Å². The first-order chi connectivity index (χ1) is 9.11. The van der Waals surface area contributed by atoms with Gasteiger partial charge in [-0.15, -0.1) is 0 Å². The molecule has 0 aromatic carbocycles. The van der Waals surface area contributed by atoms with Crippen molar-refractivity contribution in [1.82, 2.24) is 4.90 Å². The van der Waals surface area contributed by atoms with E-state index in [1.807, 2.05) is 0 Å². The van der Waals surface area contributed by atoms with Gasteiger partial charge in [0.05, 0.1) is 0 Å². The van der Waals surface area contributed by atoms with Crippen LogP contribution in [0.3, 0.4) is 0 Å². The minimum absolute atomic E-state index is 0.273. The predicted octanol–water partition coefficient (Wildman–Crippen LogP) is 3.90. The number of nitrogens with zero attached hydrogens (tertiary/aromatic N) is 1. The maximum Gasteiger partial charge on any atom is 0.0357 e. The molecule has 0 bridgehead atoms. The molecule has 1 aliphatic heterocycles. The summed E-state index contributed by atoms with van der Waals surface area (Å²) in [5, 5.41) is 0. The third kappa shape index (κ3) is 2.92. The molecule has 1 saturated heterocycles. The molecule has 1 saturated carbocycles. The topological polar surface area (TPSA) is 29.3 Å². The average molecular weight is 280 g/mol. The zero-order valence-electron chi connectivity index (χ0n) is 14.6. The van der Waals surface area contributed by atoms with E-state index in [9.17, 15) is 0 Å². The largest absolute Gasteiger partial charge is 0.329 e. The summed E-state index contributed by atoms with van der Waals surface area (Å²) in [5.41, 5.74) is 7.52. The Labute approximate surface area is 126 Å². The molecule has 2 N–H and O–H groups in total. The number of likely N-dealkylation sites (tertiary alicyclic amines) is 1. The second-order valence-electron chi connectivity index (χ2n) is 9.37. The third-order valence-electron chi connectivity index (χ3n) is 6.41. The van der Waals surface area contributed by atoms with Crippen LogP contribution in [-0.2, 0) is 0 Å². The van der Waals surface area contributed by atoms with Gasteiger partial charge in [-0.25, -0.2) is 0 Å². The molecule has 2 fully saturated rings. The van der Waals surface area contributed by atoms with E-state index in [-0.39, 0.29) is 5.54 Å². The van der Waals surface area contributed by atoms with Gasteiger partial charge in [0.25, 0.3) is 0 Å². The molecule has 0 radical (unpaired) electrons. The van der Waals surface area contributed by atoms with Crippen LogP contribution in [0.4, 0.5) is 0 Å². The van der Waals surface area contributed by atoms with Crippen LogP contribution in [0.25, 0.3) is 0 Å². The van der Waals surface area contributed by atoms with Crippen LogP contribution in [0.5, 0.6) is 0 Å². The maximum absolute atomic E-state index is 6.31. The Balaban J connectivity index is 2.13. The Morgan fingerprint density at radius 1 is 1.20 bits per heavy atom. The zero-order chi connectivity index (χ0) is 15.2. The van der Waals surface area contributed by atoms with E-state index in [0.29, 0.717) is 10.8 Å². The zero-order valence-corrected chi connectivity index (χ0v) is 14.6. The normalized spacial score (nSPS) is 39.1. The quantitative estimate of drug-likeness (QED) is 0.831. The lowest BCUT2D eigenvalue weighted by Gasteiger charge is -2.53. The number of rotatable bonds is 2. The second-order valence-corrected chi connectivity index (χ2v) is 9.37. The van der Waals surface area contributed by atoms with Crippen LogP contribution in [-0.4, -0.2) is 30.1 Å². The summed E-state index contributed by atoms with van der Waals surface area (Å²) in [5.74, 6) is 1.54. The molecule has 0 aromatic rings. The van der Waals surface area contributed by atoms with E-state index < -0.39 is 0 Å². The maximum atomic E-state index is 6.31. The van der Waals surface area contributed by atoms with Crippen molar-refractivity contribution in [2.45, 2.75) is 72.8 Å². The second kappa shape index (κ2) is 5.28. The Morgan fingerprint density at radius 2 is 1.85 bits per heavy atom. The van der Waals surface area contributed by atoms with E-state index in [4.69, 9.17) is 5.73 Å². The molecule has 3 atom stereocenters. The third-order valence-corrected chi connectivity index (χ3v) is 6.41. The van der Waals surface area contributed by atoms with Gasteiger partial charge in [0.1, 0.15) is 0 Å². The predicted molar refractivity (Wildman–Crippen MR) is 87.7 cm³/mol. The van der Waals surface area contributed by atoms with Gasteiger partial charge >= 0.3 is 0 Å². The number of hydrogen-bond donors (Lipinski definition) is 1. The summed E-state index contributed by atoms with van der Waals surface area (Å²) in [6.45, 7) is 17.8. The van der Waals surface area contributed by atoms with Crippen molar-refractivity contribution in [2.75, 3.05) is 19.6 Å². The highest BCUT2D eigenvalue weighted by Gasteiger charge is 2.49. The van der Waals surface area contributed by atoms with Crippen LogP contribution in [0.15, 0.2) is 0 Å². The van der Waals surface area contributed by atoms with Gasteiger partial charge < -0.3 is 5.73 Å². The Hall–Kier alpha value is -0.0800. The monoisotopic (exact) mass is 280 g/mol. The van der Waals surface area contributed by atoms with Crippen LogP contribution in [0.2, 0.25) is 0 Å². The lowest BCUT2D eigenvalue weighted by molar-refractivity contribution is -0.0135. The fourth-order valence-corrected chi connectivity index (χ4v) is 4.70. The van der Waals surface area contributed by atoms with Gasteiger partial charge in [0.2, 0.25) is 0 Å². The molecule has 2 aliphatic rings. The Kier molecular flexibility index (Phi) is 4.30. The Morgan fingerprint density at radius 3 is 2.30 bits per heavy atom. The highest BCUT2D eigenvalue weighted by atomic mass is 15.2. The molecule has 0 aromatic heterocycles. The van der Waals surface area contributed by atoms with Crippen LogP contribution < -0.4 is 5.73 Å². The van der Waals surface area contributed by atoms with Crippen LogP contribution in [0, 0.1) is 22.7 Å². The molecule has 20 heavy (non-hydrogen) atoms. The van der Waals surface area contributed by atoms with Crippen LogP contribution in [0.1, 0.15) is 67.2 Å². The standard InChI is InChI=1S/C18H36N2/c1-14-11-17(5,6)8-9-18(14,13-19)20-10-7-15(12-20)16(2,3)4/h14-15H,7-13,19H2,1-6H3. The molecule has 118 valence electrons. The Bertz CT molecular complexity index is 342. The van der Waals surface area contributed by atoms with Crippen molar-refractivity contribution in [1.29, 1.82) is 0 Å². The minimum Gasteiger partial charge on any atom is -0.329 e. The molecule has 2 nitrogen and oxygen atoms in total. The average Bonchev–Trinajstić information content (AvgIpc) is 2.78. The molecule has 2 rings (SSSR count). The molecule has 2 heteroatoms. The first kappa shape index (κ1) is 16.3. The molecular weight excluding hydrogens is 244 g/mol. The first-order valence-electron chi connectivity index (χ1n) is 8.56. The van der Waals surface area contributed by atoms with Crippen molar-refractivity contribution in [3.8, 4) is 0 Å². The van der Waals surface area contributed by atoms with Crippen molar-refractivity contribution in [3.63, 3.8) is 0 Å². The van der Waals surface area contributed by atoms with Crippen molar-refractivity contribution in [3.05, 3.63) is 0 Å². The highest BCUT2D eigenvalue weighted by Crippen LogP contribution is 2.48. The van der Waals surface area contributed by atoms with E-state index in [1.165, 1.54) is 38.8 Å². The van der Waals surface area contributed by atoms with Crippen LogP contribution >= 0.6 is 0 Å². The number of nitrogens with two attached hydrogens (primary N) is 1. The van der Waals surface area contributed by atoms with E-state index in [1.54, 1.807) is 0 Å². The molecule has 1 aliphatic carbocycles. The van der Waals surface area contributed by atoms with Gasteiger partial charge in [-0.2, -0.15) is 0 Å². The van der Waals surface area contributed by atoms with E-state index in [0.717, 1.165) is 18.4 Å². The van der Waals surface area contributed by atoms with Crippen molar-refractivity contribution >= 4 is 0 Å². The molecular formula is C18H36N2. The molecule has 0 spiro atoms.